The van der Waals surface area contributed by atoms with Crippen molar-refractivity contribution in [2.45, 2.75) is 89.6 Å². The number of carbonyl (C=O) groups is 1. The van der Waals surface area contributed by atoms with Gasteiger partial charge in [-0.2, -0.15) is 36.9 Å². The molecular formula is C41H46F6N4O3. The molecule has 2 fully saturated rings. The van der Waals surface area contributed by atoms with Crippen LogP contribution in [-0.4, -0.2) is 49.4 Å². The fraction of sp³-hybridized carbons (Fsp3) is 0.488. The number of unbranched alkanes of at least 4 members (excludes halogenated alkanes) is 1. The van der Waals surface area contributed by atoms with Gasteiger partial charge in [0.1, 0.15) is 11.4 Å². The predicted octanol–water partition coefficient (Wildman–Crippen LogP) is 10.7. The van der Waals surface area contributed by atoms with Crippen molar-refractivity contribution in [3.63, 3.8) is 0 Å². The van der Waals surface area contributed by atoms with Crippen molar-refractivity contribution in [1.82, 2.24) is 4.90 Å². The molecule has 2 aliphatic heterocycles. The molecule has 3 aromatic rings. The minimum atomic E-state index is -4.55. The van der Waals surface area contributed by atoms with Crippen LogP contribution < -0.4 is 9.64 Å². The standard InChI is InChI=1S/C33H42F3N3O3.C8H4F3N/c1-32(2,3)42-31(40)39-17-13-24(14-18-39)6-4-5-21-41-29-11-8-25(9-12-29)26-15-19-38(20-16-26)28-10-7-27(23-37)30(22-28)33(34,35)36;9-8(10,11)7-4-2-1-3-6(7)5-12/h7-12,22,24,26H,4-6,13-21H2,1-3H3;1-4H. The summed E-state index contributed by atoms with van der Waals surface area (Å²) in [5.41, 5.74) is -1.18. The highest BCUT2D eigenvalue weighted by Crippen LogP contribution is 2.37. The molecule has 0 unspecified atom stereocenters. The van der Waals surface area contributed by atoms with Gasteiger partial charge in [-0.15, -0.1) is 0 Å². The predicted molar refractivity (Wildman–Crippen MR) is 193 cm³/mol. The summed E-state index contributed by atoms with van der Waals surface area (Å²) in [7, 11) is 0. The molecule has 290 valence electrons. The summed E-state index contributed by atoms with van der Waals surface area (Å²) in [5, 5.41) is 17.4. The first-order valence-corrected chi connectivity index (χ1v) is 18.1. The number of carbonyl (C=O) groups excluding carboxylic acids is 1. The van der Waals surface area contributed by atoms with Gasteiger partial charge in [-0.05, 0) is 119 Å². The van der Waals surface area contributed by atoms with Gasteiger partial charge in [0.15, 0.2) is 0 Å². The lowest BCUT2D eigenvalue weighted by Crippen LogP contribution is -2.41. The highest BCUT2D eigenvalue weighted by molar-refractivity contribution is 5.68. The molecule has 2 aliphatic rings. The van der Waals surface area contributed by atoms with Crippen LogP contribution in [0.3, 0.4) is 0 Å². The number of ether oxygens (including phenoxy) is 2. The van der Waals surface area contributed by atoms with Crippen LogP contribution in [0.15, 0.2) is 66.7 Å². The number of benzene rings is 3. The molecule has 0 atom stereocenters. The van der Waals surface area contributed by atoms with Gasteiger partial charge in [0.2, 0.25) is 0 Å². The maximum absolute atomic E-state index is 13.4. The Hall–Kier alpha value is -4.91. The van der Waals surface area contributed by atoms with Gasteiger partial charge >= 0.3 is 18.4 Å². The first-order chi connectivity index (χ1) is 25.5. The Kier molecular flexibility index (Phi) is 14.3. The molecule has 54 heavy (non-hydrogen) atoms. The van der Waals surface area contributed by atoms with E-state index in [-0.39, 0.29) is 17.2 Å². The lowest BCUT2D eigenvalue weighted by Gasteiger charge is -2.34. The molecule has 0 spiro atoms. The number of likely N-dealkylation sites (tertiary alicyclic amines) is 1. The normalized spacial score (nSPS) is 15.8. The molecule has 7 nitrogen and oxygen atoms in total. The van der Waals surface area contributed by atoms with E-state index in [2.05, 4.69) is 12.1 Å². The Balaban J connectivity index is 0.000000460. The first kappa shape index (κ1) is 41.8. The smallest absolute Gasteiger partial charge is 0.417 e. The Labute approximate surface area is 313 Å². The zero-order chi connectivity index (χ0) is 39.5. The van der Waals surface area contributed by atoms with Crippen LogP contribution in [0, 0.1) is 28.6 Å². The van der Waals surface area contributed by atoms with Crippen LogP contribution in [0.5, 0.6) is 5.75 Å². The van der Waals surface area contributed by atoms with Gasteiger partial charge in [0.25, 0.3) is 0 Å². The molecule has 0 radical (unpaired) electrons. The van der Waals surface area contributed by atoms with Crippen molar-refractivity contribution in [3.05, 3.63) is 94.5 Å². The summed E-state index contributed by atoms with van der Waals surface area (Å²) in [6.07, 6.45) is -2.25. The molecule has 2 saturated heterocycles. The molecule has 2 heterocycles. The summed E-state index contributed by atoms with van der Waals surface area (Å²) in [4.78, 5) is 16.0. The molecule has 1 amide bonds. The summed E-state index contributed by atoms with van der Waals surface area (Å²) >= 11 is 0. The zero-order valence-electron chi connectivity index (χ0n) is 30.8. The van der Waals surface area contributed by atoms with Crippen LogP contribution in [-0.2, 0) is 17.1 Å². The lowest BCUT2D eigenvalue weighted by molar-refractivity contribution is -0.138. The monoisotopic (exact) mass is 756 g/mol. The van der Waals surface area contributed by atoms with Crippen molar-refractivity contribution >= 4 is 11.8 Å². The minimum absolute atomic E-state index is 0.211. The zero-order valence-corrected chi connectivity index (χ0v) is 30.8. The van der Waals surface area contributed by atoms with E-state index >= 15 is 0 Å². The van der Waals surface area contributed by atoms with E-state index in [9.17, 15) is 31.1 Å². The fourth-order valence-electron chi connectivity index (χ4n) is 6.65. The molecule has 0 N–H and O–H groups in total. The van der Waals surface area contributed by atoms with E-state index in [0.29, 0.717) is 37.2 Å². The Morgan fingerprint density at radius 2 is 1.35 bits per heavy atom. The maximum atomic E-state index is 13.4. The number of amides is 1. The molecule has 0 bridgehead atoms. The van der Waals surface area contributed by atoms with Crippen molar-refractivity contribution in [1.29, 1.82) is 10.5 Å². The van der Waals surface area contributed by atoms with Crippen LogP contribution in [0.2, 0.25) is 0 Å². The Morgan fingerprint density at radius 3 is 1.91 bits per heavy atom. The number of anilines is 1. The second kappa shape index (κ2) is 18.4. The molecule has 0 aliphatic carbocycles. The van der Waals surface area contributed by atoms with Crippen LogP contribution >= 0.6 is 0 Å². The molecular weight excluding hydrogens is 710 g/mol. The van der Waals surface area contributed by atoms with Crippen LogP contribution in [0.4, 0.5) is 36.8 Å². The van der Waals surface area contributed by atoms with Gasteiger partial charge in [-0.1, -0.05) is 30.7 Å². The maximum Gasteiger partial charge on any atom is 0.417 e. The van der Waals surface area contributed by atoms with E-state index in [1.807, 2.05) is 42.7 Å². The van der Waals surface area contributed by atoms with Gasteiger partial charge in [-0.3, -0.25) is 0 Å². The van der Waals surface area contributed by atoms with Crippen molar-refractivity contribution in [3.8, 4) is 17.9 Å². The first-order valence-electron chi connectivity index (χ1n) is 18.1. The second-order valence-electron chi connectivity index (χ2n) is 14.6. The molecule has 0 saturated carbocycles. The number of nitriles is 2. The number of piperidine rings is 2. The number of hydrogen-bond acceptors (Lipinski definition) is 6. The number of rotatable bonds is 8. The van der Waals surface area contributed by atoms with Gasteiger partial charge in [0.05, 0.1) is 41.0 Å². The fourth-order valence-corrected chi connectivity index (χ4v) is 6.65. The third-order valence-electron chi connectivity index (χ3n) is 9.54. The van der Waals surface area contributed by atoms with E-state index in [1.54, 1.807) is 12.1 Å². The van der Waals surface area contributed by atoms with Gasteiger partial charge in [0, 0.05) is 31.9 Å². The summed E-state index contributed by atoms with van der Waals surface area (Å²) in [6, 6.07) is 20.0. The van der Waals surface area contributed by atoms with E-state index in [4.69, 9.17) is 20.0 Å². The summed E-state index contributed by atoms with van der Waals surface area (Å²) in [5.74, 6) is 1.83. The minimum Gasteiger partial charge on any atom is -0.494 e. The van der Waals surface area contributed by atoms with Crippen molar-refractivity contribution in [2.24, 2.45) is 5.92 Å². The average molecular weight is 757 g/mol. The SMILES string of the molecule is CC(C)(C)OC(=O)N1CCC(CCCCOc2ccc(C3CCN(c4ccc(C#N)c(C(F)(F)F)c4)CC3)cc2)CC1.N#Cc1ccccc1C(F)(F)F. The molecule has 0 aromatic heterocycles. The average Bonchev–Trinajstić information content (AvgIpc) is 3.14. The van der Waals surface area contributed by atoms with Crippen LogP contribution in [0.25, 0.3) is 0 Å². The summed E-state index contributed by atoms with van der Waals surface area (Å²) in [6.45, 7) is 9.17. The second-order valence-corrected chi connectivity index (χ2v) is 14.6. The Morgan fingerprint density at radius 1 is 0.759 bits per heavy atom. The molecule has 13 heteroatoms. The highest BCUT2D eigenvalue weighted by Gasteiger charge is 2.35. The number of halogens is 6. The topological polar surface area (TPSA) is 89.6 Å². The Bertz CT molecular complexity index is 1760. The van der Waals surface area contributed by atoms with E-state index in [0.717, 1.165) is 82.0 Å². The van der Waals surface area contributed by atoms with E-state index in [1.165, 1.54) is 29.8 Å². The van der Waals surface area contributed by atoms with Gasteiger partial charge in [-0.25, -0.2) is 4.79 Å². The third-order valence-corrected chi connectivity index (χ3v) is 9.54. The number of hydrogen-bond donors (Lipinski definition) is 0. The van der Waals surface area contributed by atoms with Crippen LogP contribution in [0.1, 0.15) is 99.5 Å². The van der Waals surface area contributed by atoms with Gasteiger partial charge < -0.3 is 19.3 Å². The third kappa shape index (κ3) is 12.3. The highest BCUT2D eigenvalue weighted by atomic mass is 19.4. The molecule has 3 aromatic carbocycles. The summed E-state index contributed by atoms with van der Waals surface area (Å²) < 4.78 is 87.8. The number of nitrogens with zero attached hydrogens (tertiary/aromatic N) is 4. The number of alkyl halides is 6. The largest absolute Gasteiger partial charge is 0.494 e. The van der Waals surface area contributed by atoms with E-state index < -0.39 is 29.1 Å². The molecule has 5 rings (SSSR count). The van der Waals surface area contributed by atoms with Crippen molar-refractivity contribution in [2.75, 3.05) is 37.7 Å². The van der Waals surface area contributed by atoms with Crippen molar-refractivity contribution < 1.29 is 40.6 Å². The quantitative estimate of drug-likeness (QED) is 0.168. The lowest BCUT2D eigenvalue weighted by atomic mass is 9.89.